The van der Waals surface area contributed by atoms with E-state index < -0.39 is 0 Å². The molecule has 0 aromatic carbocycles. The lowest BCUT2D eigenvalue weighted by Crippen LogP contribution is -2.27. The second kappa shape index (κ2) is 7.03. The number of hydrogen-bond acceptors (Lipinski definition) is 4. The van der Waals surface area contributed by atoms with E-state index in [1.54, 1.807) is 0 Å². The summed E-state index contributed by atoms with van der Waals surface area (Å²) in [4.78, 5) is 4.07. The quantitative estimate of drug-likeness (QED) is 0.891. The molecule has 118 valence electrons. The van der Waals surface area contributed by atoms with E-state index in [-0.39, 0.29) is 6.10 Å². The van der Waals surface area contributed by atoms with E-state index >= 15 is 0 Å². The SMILES string of the molecule is CCn1cc([C@@H]2OCC[C@@H]2CN[C@H](C)c2ccncc2)cn1. The first-order chi connectivity index (χ1) is 10.8. The van der Waals surface area contributed by atoms with E-state index in [1.165, 1.54) is 11.1 Å². The van der Waals surface area contributed by atoms with Crippen LogP contribution in [0, 0.1) is 5.92 Å². The summed E-state index contributed by atoms with van der Waals surface area (Å²) in [5.41, 5.74) is 2.46. The molecule has 3 heterocycles. The summed E-state index contributed by atoms with van der Waals surface area (Å²) in [7, 11) is 0. The molecule has 1 fully saturated rings. The summed E-state index contributed by atoms with van der Waals surface area (Å²) in [6, 6.07) is 4.44. The van der Waals surface area contributed by atoms with Crippen LogP contribution in [0.1, 0.15) is 43.5 Å². The first kappa shape index (κ1) is 15.2. The maximum atomic E-state index is 5.94. The van der Waals surface area contributed by atoms with Crippen molar-refractivity contribution in [3.63, 3.8) is 0 Å². The molecule has 0 unspecified atom stereocenters. The minimum absolute atomic E-state index is 0.164. The van der Waals surface area contributed by atoms with Crippen LogP contribution in [0.4, 0.5) is 0 Å². The molecule has 1 aliphatic heterocycles. The molecule has 0 aliphatic carbocycles. The molecular formula is C17H24N4O. The van der Waals surface area contributed by atoms with Crippen LogP contribution in [0.3, 0.4) is 0 Å². The Morgan fingerprint density at radius 1 is 1.41 bits per heavy atom. The van der Waals surface area contributed by atoms with Crippen molar-refractivity contribution in [2.45, 2.75) is 39.0 Å². The highest BCUT2D eigenvalue weighted by atomic mass is 16.5. The molecule has 0 amide bonds. The van der Waals surface area contributed by atoms with Gasteiger partial charge in [0.1, 0.15) is 0 Å². The Kier molecular flexibility index (Phi) is 4.85. The fourth-order valence-corrected chi connectivity index (χ4v) is 3.01. The molecule has 1 saturated heterocycles. The van der Waals surface area contributed by atoms with Gasteiger partial charge in [0.15, 0.2) is 0 Å². The highest BCUT2D eigenvalue weighted by Gasteiger charge is 2.30. The molecular weight excluding hydrogens is 276 g/mol. The molecule has 2 aromatic heterocycles. The molecule has 3 atom stereocenters. The van der Waals surface area contributed by atoms with Gasteiger partial charge < -0.3 is 10.1 Å². The summed E-state index contributed by atoms with van der Waals surface area (Å²) >= 11 is 0. The van der Waals surface area contributed by atoms with Gasteiger partial charge in [-0.2, -0.15) is 5.10 Å². The Morgan fingerprint density at radius 3 is 2.95 bits per heavy atom. The summed E-state index contributed by atoms with van der Waals surface area (Å²) < 4.78 is 7.90. The first-order valence-electron chi connectivity index (χ1n) is 8.05. The standard InChI is InChI=1S/C17H24N4O/c1-3-21-12-16(11-20-21)17-15(6-9-22-17)10-19-13(2)14-4-7-18-8-5-14/h4-5,7-8,11-13,15,17,19H,3,6,9-10H2,1-2H3/t13-,15-,17-/m1/s1. The van der Waals surface area contributed by atoms with Crippen LogP contribution in [-0.2, 0) is 11.3 Å². The third kappa shape index (κ3) is 3.36. The van der Waals surface area contributed by atoms with Crippen molar-refractivity contribution in [3.8, 4) is 0 Å². The monoisotopic (exact) mass is 300 g/mol. The van der Waals surface area contributed by atoms with Crippen LogP contribution in [0.15, 0.2) is 36.9 Å². The molecule has 0 bridgehead atoms. The topological polar surface area (TPSA) is 52.0 Å². The number of aryl methyl sites for hydroxylation is 1. The largest absolute Gasteiger partial charge is 0.373 e. The Bertz CT molecular complexity index is 583. The highest BCUT2D eigenvalue weighted by Crippen LogP contribution is 2.34. The van der Waals surface area contributed by atoms with E-state index in [4.69, 9.17) is 4.74 Å². The maximum absolute atomic E-state index is 5.94. The molecule has 5 nitrogen and oxygen atoms in total. The van der Waals surface area contributed by atoms with E-state index in [0.717, 1.165) is 26.1 Å². The van der Waals surface area contributed by atoms with Gasteiger partial charge in [0.05, 0.1) is 12.3 Å². The maximum Gasteiger partial charge on any atom is 0.0896 e. The average Bonchev–Trinajstić information content (AvgIpc) is 3.21. The number of ether oxygens (including phenoxy) is 1. The van der Waals surface area contributed by atoms with Crippen molar-refractivity contribution < 1.29 is 4.74 Å². The van der Waals surface area contributed by atoms with Crippen LogP contribution >= 0.6 is 0 Å². The molecule has 0 spiro atoms. The summed E-state index contributed by atoms with van der Waals surface area (Å²) in [5, 5.41) is 7.99. The summed E-state index contributed by atoms with van der Waals surface area (Å²) in [5.74, 6) is 0.499. The van der Waals surface area contributed by atoms with Gasteiger partial charge in [-0.05, 0) is 38.0 Å². The van der Waals surface area contributed by atoms with Crippen LogP contribution in [0.25, 0.3) is 0 Å². The van der Waals surface area contributed by atoms with Gasteiger partial charge in [0.25, 0.3) is 0 Å². The highest BCUT2D eigenvalue weighted by molar-refractivity contribution is 5.15. The predicted octanol–water partition coefficient (Wildman–Crippen LogP) is 2.73. The molecule has 22 heavy (non-hydrogen) atoms. The molecule has 1 aliphatic rings. The minimum atomic E-state index is 0.164. The normalized spacial score (nSPS) is 22.8. The van der Waals surface area contributed by atoms with Crippen LogP contribution in [-0.4, -0.2) is 27.9 Å². The van der Waals surface area contributed by atoms with E-state index in [1.807, 2.05) is 23.3 Å². The lowest BCUT2D eigenvalue weighted by Gasteiger charge is -2.21. The Hall–Kier alpha value is -1.72. The second-order valence-electron chi connectivity index (χ2n) is 5.88. The van der Waals surface area contributed by atoms with Crippen LogP contribution < -0.4 is 5.32 Å². The average molecular weight is 300 g/mol. The summed E-state index contributed by atoms with van der Waals surface area (Å²) in [6.07, 6.45) is 8.99. The lowest BCUT2D eigenvalue weighted by atomic mass is 9.96. The molecule has 3 rings (SSSR count). The minimum Gasteiger partial charge on any atom is -0.373 e. The van der Waals surface area contributed by atoms with E-state index in [0.29, 0.717) is 12.0 Å². The zero-order valence-corrected chi connectivity index (χ0v) is 13.3. The van der Waals surface area contributed by atoms with Crippen molar-refractivity contribution in [1.82, 2.24) is 20.1 Å². The zero-order valence-electron chi connectivity index (χ0n) is 13.3. The number of aromatic nitrogens is 3. The lowest BCUT2D eigenvalue weighted by molar-refractivity contribution is 0.0898. The molecule has 2 aromatic rings. The van der Waals surface area contributed by atoms with E-state index in [2.05, 4.69) is 47.6 Å². The fourth-order valence-electron chi connectivity index (χ4n) is 3.01. The number of nitrogens with one attached hydrogen (secondary N) is 1. The fraction of sp³-hybridized carbons (Fsp3) is 0.529. The van der Waals surface area contributed by atoms with Gasteiger partial charge in [-0.25, -0.2) is 0 Å². The second-order valence-corrected chi connectivity index (χ2v) is 5.88. The summed E-state index contributed by atoms with van der Waals surface area (Å²) in [6.45, 7) is 6.97. The molecule has 0 radical (unpaired) electrons. The van der Waals surface area contributed by atoms with Crippen molar-refractivity contribution in [3.05, 3.63) is 48.0 Å². The van der Waals surface area contributed by atoms with Crippen molar-refractivity contribution in [2.75, 3.05) is 13.2 Å². The number of hydrogen-bond donors (Lipinski definition) is 1. The van der Waals surface area contributed by atoms with Gasteiger partial charge in [-0.3, -0.25) is 9.67 Å². The number of rotatable bonds is 6. The molecule has 1 N–H and O–H groups in total. The Balaban J connectivity index is 1.59. The zero-order chi connectivity index (χ0) is 15.4. The third-order valence-electron chi connectivity index (χ3n) is 4.41. The van der Waals surface area contributed by atoms with Gasteiger partial charge >= 0.3 is 0 Å². The van der Waals surface area contributed by atoms with Gasteiger partial charge in [-0.15, -0.1) is 0 Å². The third-order valence-corrected chi connectivity index (χ3v) is 4.41. The van der Waals surface area contributed by atoms with Crippen molar-refractivity contribution in [1.29, 1.82) is 0 Å². The van der Waals surface area contributed by atoms with Crippen molar-refractivity contribution in [2.24, 2.45) is 5.92 Å². The van der Waals surface area contributed by atoms with Crippen molar-refractivity contribution >= 4 is 0 Å². The number of nitrogens with zero attached hydrogens (tertiary/aromatic N) is 3. The number of pyridine rings is 1. The van der Waals surface area contributed by atoms with Gasteiger partial charge in [0.2, 0.25) is 0 Å². The Morgan fingerprint density at radius 2 is 2.23 bits per heavy atom. The van der Waals surface area contributed by atoms with Crippen LogP contribution in [0.5, 0.6) is 0 Å². The van der Waals surface area contributed by atoms with E-state index in [9.17, 15) is 0 Å². The van der Waals surface area contributed by atoms with Crippen LogP contribution in [0.2, 0.25) is 0 Å². The first-order valence-corrected chi connectivity index (χ1v) is 8.05. The van der Waals surface area contributed by atoms with Gasteiger partial charge in [0, 0.05) is 55.8 Å². The van der Waals surface area contributed by atoms with Gasteiger partial charge in [-0.1, -0.05) is 0 Å². The molecule has 5 heteroatoms. The smallest absolute Gasteiger partial charge is 0.0896 e. The molecule has 0 saturated carbocycles. The predicted molar refractivity (Wildman–Crippen MR) is 85.4 cm³/mol. The Labute approximate surface area is 131 Å².